The molecule has 3 nitrogen and oxygen atoms in total. The van der Waals surface area contributed by atoms with Gasteiger partial charge in [0, 0.05) is 12.3 Å². The predicted molar refractivity (Wildman–Crippen MR) is 98.0 cm³/mol. The fourth-order valence-corrected chi connectivity index (χ4v) is 4.13. The van der Waals surface area contributed by atoms with E-state index in [4.69, 9.17) is 9.84 Å². The van der Waals surface area contributed by atoms with Crippen LogP contribution in [0.1, 0.15) is 77.6 Å². The average Bonchev–Trinajstić information content (AvgIpc) is 3.15. The number of aliphatic carboxylic acids is 1. The van der Waals surface area contributed by atoms with Crippen molar-refractivity contribution in [2.75, 3.05) is 0 Å². The third-order valence-corrected chi connectivity index (χ3v) is 5.43. The molecule has 0 amide bonds. The Hall–Kier alpha value is -1.09. The second-order valence-electron chi connectivity index (χ2n) is 7.29. The van der Waals surface area contributed by atoms with Crippen molar-refractivity contribution in [1.29, 1.82) is 0 Å². The highest BCUT2D eigenvalue weighted by molar-refractivity contribution is 5.66. The summed E-state index contributed by atoms with van der Waals surface area (Å²) >= 11 is 0. The van der Waals surface area contributed by atoms with Crippen molar-refractivity contribution in [3.05, 3.63) is 24.3 Å². The largest absolute Gasteiger partial charge is 0.481 e. The molecule has 0 radical (unpaired) electrons. The molecule has 0 aromatic rings. The van der Waals surface area contributed by atoms with E-state index in [-0.39, 0.29) is 6.42 Å². The molecule has 2 aliphatic rings. The quantitative estimate of drug-likeness (QED) is 0.378. The smallest absolute Gasteiger partial charge is 0.303 e. The van der Waals surface area contributed by atoms with E-state index < -0.39 is 5.97 Å². The lowest BCUT2D eigenvalue weighted by Gasteiger charge is -2.25. The van der Waals surface area contributed by atoms with Crippen LogP contribution >= 0.6 is 0 Å². The third-order valence-electron chi connectivity index (χ3n) is 5.43. The van der Waals surface area contributed by atoms with E-state index in [1.807, 2.05) is 6.08 Å². The lowest BCUT2D eigenvalue weighted by atomic mass is 9.76. The maximum absolute atomic E-state index is 10.5. The molecular weight excluding hydrogens is 300 g/mol. The van der Waals surface area contributed by atoms with Gasteiger partial charge >= 0.3 is 5.97 Å². The highest BCUT2D eigenvalue weighted by Crippen LogP contribution is 2.46. The molecule has 1 N–H and O–H groups in total. The van der Waals surface area contributed by atoms with Crippen LogP contribution in [-0.4, -0.2) is 23.3 Å². The molecule has 3 heteroatoms. The Morgan fingerprint density at radius 1 is 1.04 bits per heavy atom. The molecule has 2 saturated heterocycles. The van der Waals surface area contributed by atoms with Crippen LogP contribution in [0.4, 0.5) is 0 Å². The molecule has 4 atom stereocenters. The zero-order valence-electron chi connectivity index (χ0n) is 15.2. The SMILES string of the molecule is CCCCCC/C=C/[C@H]1[C@@H](CC/C=C\CCC(=O)O)[C@H]2CC[C@@H]1O2. The number of hydrogen-bond donors (Lipinski definition) is 1. The summed E-state index contributed by atoms with van der Waals surface area (Å²) in [6.45, 7) is 2.25. The molecule has 2 heterocycles. The van der Waals surface area contributed by atoms with E-state index in [2.05, 4.69) is 25.2 Å². The van der Waals surface area contributed by atoms with Crippen LogP contribution in [-0.2, 0) is 9.53 Å². The number of fused-ring (bicyclic) bond motifs is 2. The second-order valence-corrected chi connectivity index (χ2v) is 7.29. The minimum Gasteiger partial charge on any atom is -0.481 e. The Bertz CT molecular complexity index is 427. The van der Waals surface area contributed by atoms with Crippen LogP contribution in [0, 0.1) is 11.8 Å². The van der Waals surface area contributed by atoms with Crippen molar-refractivity contribution in [3.8, 4) is 0 Å². The molecule has 2 fully saturated rings. The normalized spacial score (nSPS) is 29.2. The molecule has 0 aliphatic carbocycles. The van der Waals surface area contributed by atoms with Gasteiger partial charge in [0.25, 0.3) is 0 Å². The third kappa shape index (κ3) is 6.08. The van der Waals surface area contributed by atoms with E-state index in [1.54, 1.807) is 0 Å². The standard InChI is InChI=1S/C21H34O3/c1-2-3-4-5-6-9-12-17-18(20-16-15-19(17)24-20)13-10-7-8-11-14-21(22)23/h7-9,12,17-20H,2-6,10-11,13-16H2,1H3,(H,22,23)/b8-7-,12-9+/t17-,18+,19-,20+/m0/s1. The van der Waals surface area contributed by atoms with Gasteiger partial charge in [-0.05, 0) is 50.9 Å². The fraction of sp³-hybridized carbons (Fsp3) is 0.762. The fourth-order valence-electron chi connectivity index (χ4n) is 4.13. The lowest BCUT2D eigenvalue weighted by molar-refractivity contribution is -0.136. The van der Waals surface area contributed by atoms with Gasteiger partial charge in [0.1, 0.15) is 0 Å². The minimum atomic E-state index is -0.717. The highest BCUT2D eigenvalue weighted by Gasteiger charge is 2.46. The molecule has 24 heavy (non-hydrogen) atoms. The topological polar surface area (TPSA) is 46.5 Å². The van der Waals surface area contributed by atoms with Crippen molar-refractivity contribution >= 4 is 5.97 Å². The van der Waals surface area contributed by atoms with E-state index in [1.165, 1.54) is 44.9 Å². The van der Waals surface area contributed by atoms with Crippen molar-refractivity contribution in [2.45, 2.75) is 89.8 Å². The van der Waals surface area contributed by atoms with E-state index in [9.17, 15) is 4.79 Å². The zero-order valence-corrected chi connectivity index (χ0v) is 15.2. The second kappa shape index (κ2) is 10.7. The maximum Gasteiger partial charge on any atom is 0.303 e. The first-order valence-electron chi connectivity index (χ1n) is 9.91. The first kappa shape index (κ1) is 19.2. The molecule has 0 spiro atoms. The van der Waals surface area contributed by atoms with Gasteiger partial charge in [-0.25, -0.2) is 0 Å². The number of allylic oxidation sites excluding steroid dienone is 3. The summed E-state index contributed by atoms with van der Waals surface area (Å²) in [5, 5.41) is 8.64. The highest BCUT2D eigenvalue weighted by atomic mass is 16.5. The Balaban J connectivity index is 1.71. The summed E-state index contributed by atoms with van der Waals surface area (Å²) < 4.78 is 6.15. The van der Waals surface area contributed by atoms with Crippen molar-refractivity contribution in [3.63, 3.8) is 0 Å². The van der Waals surface area contributed by atoms with Crippen molar-refractivity contribution < 1.29 is 14.6 Å². The van der Waals surface area contributed by atoms with Gasteiger partial charge in [0.05, 0.1) is 12.2 Å². The molecule has 0 saturated carbocycles. The zero-order chi connectivity index (χ0) is 17.2. The molecular formula is C21H34O3. The monoisotopic (exact) mass is 334 g/mol. The van der Waals surface area contributed by atoms with Gasteiger partial charge in [0.15, 0.2) is 0 Å². The number of rotatable bonds is 12. The summed E-state index contributed by atoms with van der Waals surface area (Å²) in [6.07, 6.45) is 21.9. The van der Waals surface area contributed by atoms with E-state index >= 15 is 0 Å². The van der Waals surface area contributed by atoms with Gasteiger partial charge in [-0.1, -0.05) is 50.5 Å². The van der Waals surface area contributed by atoms with E-state index in [0.717, 1.165) is 12.8 Å². The van der Waals surface area contributed by atoms with Crippen LogP contribution in [0.15, 0.2) is 24.3 Å². The number of carbonyl (C=O) groups is 1. The number of ether oxygens (including phenoxy) is 1. The number of hydrogen-bond acceptors (Lipinski definition) is 2. The van der Waals surface area contributed by atoms with Crippen molar-refractivity contribution in [1.82, 2.24) is 0 Å². The van der Waals surface area contributed by atoms with Gasteiger partial charge in [-0.3, -0.25) is 4.79 Å². The first-order chi connectivity index (χ1) is 11.7. The van der Waals surface area contributed by atoms with Gasteiger partial charge < -0.3 is 9.84 Å². The lowest BCUT2D eigenvalue weighted by Crippen LogP contribution is -2.25. The van der Waals surface area contributed by atoms with Gasteiger partial charge in [-0.15, -0.1) is 0 Å². The Kier molecular flexibility index (Phi) is 8.58. The van der Waals surface area contributed by atoms with Crippen LogP contribution < -0.4 is 0 Å². The van der Waals surface area contributed by atoms with E-state index in [0.29, 0.717) is 30.5 Å². The summed E-state index contributed by atoms with van der Waals surface area (Å²) in [7, 11) is 0. The maximum atomic E-state index is 10.5. The van der Waals surface area contributed by atoms with Crippen LogP contribution in [0.3, 0.4) is 0 Å². The van der Waals surface area contributed by atoms with Crippen LogP contribution in [0.5, 0.6) is 0 Å². The number of unbranched alkanes of at least 4 members (excludes halogenated alkanes) is 4. The molecule has 136 valence electrons. The Morgan fingerprint density at radius 2 is 1.83 bits per heavy atom. The summed E-state index contributed by atoms with van der Waals surface area (Å²) in [5.41, 5.74) is 0. The van der Waals surface area contributed by atoms with Gasteiger partial charge in [0.2, 0.25) is 0 Å². The van der Waals surface area contributed by atoms with Crippen molar-refractivity contribution in [2.24, 2.45) is 11.8 Å². The Morgan fingerprint density at radius 3 is 2.62 bits per heavy atom. The van der Waals surface area contributed by atoms with Crippen LogP contribution in [0.2, 0.25) is 0 Å². The van der Waals surface area contributed by atoms with Gasteiger partial charge in [-0.2, -0.15) is 0 Å². The summed E-state index contributed by atoms with van der Waals surface area (Å²) in [4.78, 5) is 10.5. The Labute approximate surface area is 147 Å². The predicted octanol–water partition coefficient (Wildman–Crippen LogP) is 5.51. The summed E-state index contributed by atoms with van der Waals surface area (Å²) in [6, 6.07) is 0. The summed E-state index contributed by atoms with van der Waals surface area (Å²) in [5.74, 6) is 0.535. The molecule has 0 aromatic carbocycles. The molecule has 2 bridgehead atoms. The first-order valence-corrected chi connectivity index (χ1v) is 9.91. The molecule has 2 rings (SSSR count). The molecule has 2 aliphatic heterocycles. The average molecular weight is 335 g/mol. The minimum absolute atomic E-state index is 0.233. The molecule has 0 aromatic heterocycles. The number of carboxylic acids is 1. The van der Waals surface area contributed by atoms with Crippen LogP contribution in [0.25, 0.3) is 0 Å². The number of carboxylic acid groups (broad SMARTS) is 1. The molecule has 0 unspecified atom stereocenters.